The quantitative estimate of drug-likeness (QED) is 0.784. The highest BCUT2D eigenvalue weighted by Crippen LogP contribution is 2.09. The van der Waals surface area contributed by atoms with Crippen LogP contribution in [0.2, 0.25) is 0 Å². The van der Waals surface area contributed by atoms with Gasteiger partial charge in [0.2, 0.25) is 0 Å². The molecule has 0 aromatic carbocycles. The van der Waals surface area contributed by atoms with Crippen molar-refractivity contribution in [2.24, 2.45) is 0 Å². The Balaban J connectivity index is 1.64. The van der Waals surface area contributed by atoms with Gasteiger partial charge in [-0.05, 0) is 19.3 Å². The van der Waals surface area contributed by atoms with Crippen LogP contribution in [0.4, 0.5) is 9.59 Å². The first-order valence-electron chi connectivity index (χ1n) is 6.80. The van der Waals surface area contributed by atoms with Crippen molar-refractivity contribution < 1.29 is 19.4 Å². The fraction of sp³-hybridized carbons (Fsp3) is 0.833. The van der Waals surface area contributed by atoms with E-state index in [0.717, 1.165) is 25.9 Å². The van der Waals surface area contributed by atoms with Gasteiger partial charge in [-0.3, -0.25) is 0 Å². The van der Waals surface area contributed by atoms with Gasteiger partial charge in [0, 0.05) is 38.8 Å². The van der Waals surface area contributed by atoms with Crippen LogP contribution < -0.4 is 5.32 Å². The Hall–Kier alpha value is -1.50. The number of carboxylic acid groups (broad SMARTS) is 1. The number of nitrogens with one attached hydrogen (secondary N) is 1. The van der Waals surface area contributed by atoms with Crippen LogP contribution >= 0.6 is 0 Å². The summed E-state index contributed by atoms with van der Waals surface area (Å²) in [6.45, 7) is 3.52. The molecular weight excluding hydrogens is 250 g/mol. The van der Waals surface area contributed by atoms with Gasteiger partial charge in [-0.1, -0.05) is 0 Å². The van der Waals surface area contributed by atoms with E-state index in [-0.39, 0.29) is 12.1 Å². The lowest BCUT2D eigenvalue weighted by Crippen LogP contribution is -2.52. The zero-order valence-electron chi connectivity index (χ0n) is 11.0. The number of carbonyl (C=O) groups is 2. The largest absolute Gasteiger partial charge is 0.465 e. The Bertz CT molecular complexity index is 331. The first-order chi connectivity index (χ1) is 9.16. The van der Waals surface area contributed by atoms with Crippen molar-refractivity contribution >= 4 is 12.2 Å². The van der Waals surface area contributed by atoms with Gasteiger partial charge >= 0.3 is 12.2 Å². The van der Waals surface area contributed by atoms with Crippen molar-refractivity contribution in [1.29, 1.82) is 0 Å². The molecule has 108 valence electrons. The van der Waals surface area contributed by atoms with Gasteiger partial charge in [0.05, 0.1) is 6.61 Å². The molecule has 1 atom stereocenters. The minimum absolute atomic E-state index is 0.0660. The van der Waals surface area contributed by atoms with E-state index in [1.54, 1.807) is 4.90 Å². The first kappa shape index (κ1) is 13.9. The van der Waals surface area contributed by atoms with E-state index < -0.39 is 6.09 Å². The molecule has 0 radical (unpaired) electrons. The molecule has 2 aliphatic heterocycles. The topological polar surface area (TPSA) is 82.1 Å². The van der Waals surface area contributed by atoms with E-state index in [0.29, 0.717) is 32.7 Å². The fourth-order valence-electron chi connectivity index (χ4n) is 2.47. The van der Waals surface area contributed by atoms with Crippen LogP contribution in [0.5, 0.6) is 0 Å². The molecule has 0 aromatic heterocycles. The predicted octanol–water partition coefficient (Wildman–Crippen LogP) is 0.561. The third-order valence-corrected chi connectivity index (χ3v) is 3.58. The molecule has 2 N–H and O–H groups in total. The number of piperazine rings is 1. The third-order valence-electron chi connectivity index (χ3n) is 3.58. The van der Waals surface area contributed by atoms with E-state index in [4.69, 9.17) is 9.84 Å². The lowest BCUT2D eigenvalue weighted by atomic mass is 10.1. The standard InChI is InChI=1S/C12H21N3O4/c16-11(17)15-7-4-13-10(9-15)3-8-19-12(18)14-5-1-2-6-14/h10,13H,1-9H2,(H,16,17). The summed E-state index contributed by atoms with van der Waals surface area (Å²) in [5, 5.41) is 12.2. The Morgan fingerprint density at radius 3 is 2.63 bits per heavy atom. The summed E-state index contributed by atoms with van der Waals surface area (Å²) >= 11 is 0. The van der Waals surface area contributed by atoms with E-state index >= 15 is 0 Å². The molecule has 2 fully saturated rings. The summed E-state index contributed by atoms with van der Waals surface area (Å²) in [4.78, 5) is 25.6. The van der Waals surface area contributed by atoms with Gasteiger partial charge in [0.15, 0.2) is 0 Å². The summed E-state index contributed by atoms with van der Waals surface area (Å²) in [5.74, 6) is 0. The van der Waals surface area contributed by atoms with Crippen molar-refractivity contribution in [1.82, 2.24) is 15.1 Å². The third kappa shape index (κ3) is 3.99. The van der Waals surface area contributed by atoms with Crippen LogP contribution in [0.15, 0.2) is 0 Å². The van der Waals surface area contributed by atoms with Crippen molar-refractivity contribution in [2.45, 2.75) is 25.3 Å². The predicted molar refractivity (Wildman–Crippen MR) is 68.2 cm³/mol. The van der Waals surface area contributed by atoms with Gasteiger partial charge in [-0.15, -0.1) is 0 Å². The Kier molecular flexibility index (Phi) is 4.84. The van der Waals surface area contributed by atoms with Crippen molar-refractivity contribution in [3.8, 4) is 0 Å². The summed E-state index contributed by atoms with van der Waals surface area (Å²) in [5.41, 5.74) is 0. The number of carbonyl (C=O) groups excluding carboxylic acids is 1. The van der Waals surface area contributed by atoms with Gasteiger partial charge < -0.3 is 25.0 Å². The number of hydrogen-bond donors (Lipinski definition) is 2. The Morgan fingerprint density at radius 2 is 1.95 bits per heavy atom. The maximum absolute atomic E-state index is 11.6. The Morgan fingerprint density at radius 1 is 1.21 bits per heavy atom. The maximum Gasteiger partial charge on any atom is 0.409 e. The number of ether oxygens (including phenoxy) is 1. The lowest BCUT2D eigenvalue weighted by Gasteiger charge is -2.31. The van der Waals surface area contributed by atoms with Crippen molar-refractivity contribution in [3.05, 3.63) is 0 Å². The molecule has 0 spiro atoms. The number of nitrogens with zero attached hydrogens (tertiary/aromatic N) is 2. The monoisotopic (exact) mass is 271 g/mol. The Labute approximate surface area is 112 Å². The molecule has 2 saturated heterocycles. The minimum atomic E-state index is -0.888. The summed E-state index contributed by atoms with van der Waals surface area (Å²) in [6, 6.07) is 0.0660. The van der Waals surface area contributed by atoms with Crippen LogP contribution in [0.3, 0.4) is 0 Å². The van der Waals surface area contributed by atoms with Crippen molar-refractivity contribution in [2.75, 3.05) is 39.3 Å². The zero-order valence-corrected chi connectivity index (χ0v) is 11.0. The second-order valence-corrected chi connectivity index (χ2v) is 4.98. The molecule has 2 amide bonds. The van der Waals surface area contributed by atoms with Gasteiger partial charge in [0.1, 0.15) is 0 Å². The second kappa shape index (κ2) is 6.60. The number of hydrogen-bond acceptors (Lipinski definition) is 4. The molecule has 2 aliphatic rings. The van der Waals surface area contributed by atoms with Crippen LogP contribution in [-0.4, -0.2) is 72.5 Å². The minimum Gasteiger partial charge on any atom is -0.465 e. The molecule has 19 heavy (non-hydrogen) atoms. The average Bonchev–Trinajstić information content (AvgIpc) is 2.93. The van der Waals surface area contributed by atoms with Crippen molar-refractivity contribution in [3.63, 3.8) is 0 Å². The molecule has 1 unspecified atom stereocenters. The molecule has 7 heteroatoms. The summed E-state index contributed by atoms with van der Waals surface area (Å²) in [6.07, 6.45) is 1.60. The molecule has 7 nitrogen and oxygen atoms in total. The van der Waals surface area contributed by atoms with Gasteiger partial charge in [-0.25, -0.2) is 9.59 Å². The highest BCUT2D eigenvalue weighted by Gasteiger charge is 2.23. The second-order valence-electron chi connectivity index (χ2n) is 4.98. The normalized spacial score (nSPS) is 23.5. The number of amides is 2. The van der Waals surface area contributed by atoms with Crippen LogP contribution in [0, 0.1) is 0 Å². The van der Waals surface area contributed by atoms with E-state index in [9.17, 15) is 9.59 Å². The van der Waals surface area contributed by atoms with Crippen LogP contribution in [-0.2, 0) is 4.74 Å². The first-order valence-corrected chi connectivity index (χ1v) is 6.80. The van der Waals surface area contributed by atoms with Crippen LogP contribution in [0.25, 0.3) is 0 Å². The fourth-order valence-corrected chi connectivity index (χ4v) is 2.47. The van der Waals surface area contributed by atoms with Gasteiger partial charge in [-0.2, -0.15) is 0 Å². The highest BCUT2D eigenvalue weighted by molar-refractivity contribution is 5.67. The number of likely N-dealkylation sites (tertiary alicyclic amines) is 1. The number of rotatable bonds is 3. The zero-order chi connectivity index (χ0) is 13.7. The van der Waals surface area contributed by atoms with Gasteiger partial charge in [0.25, 0.3) is 0 Å². The molecule has 0 aliphatic carbocycles. The smallest absolute Gasteiger partial charge is 0.409 e. The molecular formula is C12H21N3O4. The maximum atomic E-state index is 11.6. The summed E-state index contributed by atoms with van der Waals surface area (Å²) in [7, 11) is 0. The average molecular weight is 271 g/mol. The SMILES string of the molecule is O=C(O)N1CCNC(CCOC(=O)N2CCCC2)C1. The van der Waals surface area contributed by atoms with E-state index in [1.165, 1.54) is 4.90 Å². The molecule has 2 heterocycles. The molecule has 0 aromatic rings. The molecule has 0 saturated carbocycles. The van der Waals surface area contributed by atoms with E-state index in [2.05, 4.69) is 5.32 Å². The van der Waals surface area contributed by atoms with Crippen LogP contribution in [0.1, 0.15) is 19.3 Å². The highest BCUT2D eigenvalue weighted by atomic mass is 16.6. The van der Waals surface area contributed by atoms with E-state index in [1.807, 2.05) is 0 Å². The lowest BCUT2D eigenvalue weighted by molar-refractivity contribution is 0.0966. The molecule has 0 bridgehead atoms. The molecule has 2 rings (SSSR count). The summed E-state index contributed by atoms with van der Waals surface area (Å²) < 4.78 is 5.21.